The van der Waals surface area contributed by atoms with E-state index < -0.39 is 0 Å². The Morgan fingerprint density at radius 2 is 1.65 bits per heavy atom. The Morgan fingerprint density at radius 3 is 2.31 bits per heavy atom. The number of aryl methyl sites for hydroxylation is 1. The lowest BCUT2D eigenvalue weighted by Gasteiger charge is -2.25. The Bertz CT molecular complexity index is 1080. The van der Waals surface area contributed by atoms with Gasteiger partial charge in [0, 0.05) is 11.6 Å². The molecule has 3 aromatic rings. The third-order valence-electron chi connectivity index (χ3n) is 5.59. The van der Waals surface area contributed by atoms with Gasteiger partial charge in [-0.3, -0.25) is 0 Å². The first-order valence-electron chi connectivity index (χ1n) is 11.1. The van der Waals surface area contributed by atoms with E-state index in [2.05, 4.69) is 52.8 Å². The van der Waals surface area contributed by atoms with E-state index in [9.17, 15) is 0 Å². The molecular weight excluding hydrogens is 314 g/mol. The summed E-state index contributed by atoms with van der Waals surface area (Å²) in [5.74, 6) is 1.41. The Balaban J connectivity index is 2.39. The van der Waals surface area contributed by atoms with Crippen molar-refractivity contribution in [2.75, 3.05) is 0 Å². The molecule has 26 heavy (non-hydrogen) atoms. The summed E-state index contributed by atoms with van der Waals surface area (Å²) in [6.07, 6.45) is 0.197. The van der Waals surface area contributed by atoms with Gasteiger partial charge in [-0.2, -0.15) is 0 Å². The van der Waals surface area contributed by atoms with Crippen molar-refractivity contribution in [2.45, 2.75) is 47.5 Å². The van der Waals surface area contributed by atoms with Crippen LogP contribution >= 0.6 is 0 Å². The van der Waals surface area contributed by atoms with Gasteiger partial charge in [0.05, 0.1) is 8.13 Å². The minimum absolute atomic E-state index is 0.197. The molecule has 1 heterocycles. The highest BCUT2D eigenvalue weighted by Gasteiger charge is 2.22. The summed E-state index contributed by atoms with van der Waals surface area (Å²) >= 11 is 0. The quantitative estimate of drug-likeness (QED) is 0.484. The number of fused-ring (bicyclic) bond motifs is 1. The van der Waals surface area contributed by atoms with E-state index in [1.54, 1.807) is 4.57 Å². The standard InChI is InChI=1S/C25H32N/c1-16(2)24(17(3)4)21-11-12-23-20(15-21)13-14-26(7)25(23)22-10-8-9-18(5)19(22)6/h8-17,24H,1-7H3/q+1/i8D,13D,14D. The fraction of sp³-hybridized carbons (Fsp3) is 0.400. The number of rotatable bonds is 4. The second kappa shape index (κ2) is 7.23. The lowest BCUT2D eigenvalue weighted by atomic mass is 9.79. The summed E-state index contributed by atoms with van der Waals surface area (Å²) in [5, 5.41) is 1.79. The van der Waals surface area contributed by atoms with Crippen molar-refractivity contribution in [2.24, 2.45) is 18.9 Å². The van der Waals surface area contributed by atoms with E-state index in [0.717, 1.165) is 33.2 Å². The summed E-state index contributed by atoms with van der Waals surface area (Å²) in [4.78, 5) is 0. The third kappa shape index (κ3) is 3.28. The molecule has 0 fully saturated rings. The number of hydrogen-bond donors (Lipinski definition) is 0. The summed E-state index contributed by atoms with van der Waals surface area (Å²) in [5.41, 5.74) is 5.29. The normalized spacial score (nSPS) is 13.5. The molecule has 1 heteroatoms. The van der Waals surface area contributed by atoms with E-state index in [1.165, 1.54) is 5.56 Å². The van der Waals surface area contributed by atoms with Crippen LogP contribution in [0.25, 0.3) is 22.0 Å². The molecule has 0 N–H and O–H groups in total. The molecule has 0 radical (unpaired) electrons. The average Bonchev–Trinajstić information content (AvgIpc) is 2.63. The van der Waals surface area contributed by atoms with E-state index in [-0.39, 0.29) is 12.2 Å². The first kappa shape index (κ1) is 15.0. The molecule has 0 saturated carbocycles. The molecule has 0 unspecified atom stereocenters. The number of aromatic nitrogens is 1. The highest BCUT2D eigenvalue weighted by atomic mass is 14.9. The largest absolute Gasteiger partial charge is 0.220 e. The van der Waals surface area contributed by atoms with Crippen molar-refractivity contribution in [1.82, 2.24) is 0 Å². The lowest BCUT2D eigenvalue weighted by molar-refractivity contribution is -0.659. The lowest BCUT2D eigenvalue weighted by Crippen LogP contribution is -2.30. The van der Waals surface area contributed by atoms with Crippen molar-refractivity contribution in [1.29, 1.82) is 0 Å². The molecule has 0 atom stereocenters. The van der Waals surface area contributed by atoms with Crippen LogP contribution in [0.5, 0.6) is 0 Å². The SMILES string of the molecule is [2H]c1cc(C)c(C)c(-c2c3ccc(C(C(C)C)C(C)C)cc3c([2H])c([2H])[n+]2C)c1. The molecule has 0 amide bonds. The van der Waals surface area contributed by atoms with E-state index in [1.807, 2.05) is 26.1 Å². The molecule has 1 aromatic heterocycles. The van der Waals surface area contributed by atoms with Gasteiger partial charge < -0.3 is 0 Å². The molecule has 1 nitrogen and oxygen atoms in total. The topological polar surface area (TPSA) is 3.88 Å². The maximum absolute atomic E-state index is 8.63. The van der Waals surface area contributed by atoms with E-state index >= 15 is 0 Å². The maximum atomic E-state index is 8.63. The van der Waals surface area contributed by atoms with Crippen LogP contribution < -0.4 is 4.57 Å². The zero-order valence-corrected chi connectivity index (χ0v) is 17.1. The van der Waals surface area contributed by atoms with E-state index in [4.69, 9.17) is 4.11 Å². The molecule has 0 aliphatic carbocycles. The fourth-order valence-electron chi connectivity index (χ4n) is 4.25. The van der Waals surface area contributed by atoms with Gasteiger partial charge >= 0.3 is 0 Å². The molecule has 0 aliphatic heterocycles. The van der Waals surface area contributed by atoms with Gasteiger partial charge in [-0.25, -0.2) is 4.57 Å². The highest BCUT2D eigenvalue weighted by molar-refractivity contribution is 5.94. The van der Waals surface area contributed by atoms with Gasteiger partial charge in [-0.1, -0.05) is 51.9 Å². The average molecular weight is 350 g/mol. The fourth-order valence-corrected chi connectivity index (χ4v) is 4.25. The summed E-state index contributed by atoms with van der Waals surface area (Å²) < 4.78 is 27.2. The molecule has 0 aliphatic rings. The van der Waals surface area contributed by atoms with Crippen LogP contribution in [0, 0.1) is 25.7 Å². The molecule has 0 spiro atoms. The summed E-state index contributed by atoms with van der Waals surface area (Å²) in [7, 11) is 1.85. The Morgan fingerprint density at radius 1 is 0.962 bits per heavy atom. The van der Waals surface area contributed by atoms with Crippen LogP contribution in [-0.2, 0) is 7.05 Å². The smallest absolute Gasteiger partial charge is 0.200 e. The minimum Gasteiger partial charge on any atom is -0.200 e. The van der Waals surface area contributed by atoms with Gasteiger partial charge in [0.25, 0.3) is 0 Å². The summed E-state index contributed by atoms with van der Waals surface area (Å²) in [6, 6.07) is 10.9. The predicted molar refractivity (Wildman–Crippen MR) is 112 cm³/mol. The third-order valence-corrected chi connectivity index (χ3v) is 5.59. The van der Waals surface area contributed by atoms with Crippen molar-refractivity contribution in [3.8, 4) is 11.3 Å². The zero-order chi connectivity index (χ0) is 21.6. The number of benzene rings is 2. The van der Waals surface area contributed by atoms with E-state index in [0.29, 0.717) is 23.8 Å². The van der Waals surface area contributed by atoms with Crippen LogP contribution in [-0.4, -0.2) is 0 Å². The zero-order valence-electron chi connectivity index (χ0n) is 20.1. The number of hydrogen-bond acceptors (Lipinski definition) is 0. The van der Waals surface area contributed by atoms with Crippen molar-refractivity contribution in [3.05, 3.63) is 65.3 Å². The first-order chi connectivity index (χ1) is 13.5. The molecule has 2 aromatic carbocycles. The van der Waals surface area contributed by atoms with Crippen molar-refractivity contribution < 1.29 is 8.68 Å². The molecule has 0 saturated heterocycles. The van der Waals surface area contributed by atoms with Crippen LogP contribution in [0.3, 0.4) is 0 Å². The first-order valence-corrected chi connectivity index (χ1v) is 9.55. The summed E-state index contributed by atoms with van der Waals surface area (Å²) in [6.45, 7) is 13.1. The Labute approximate surface area is 162 Å². The van der Waals surface area contributed by atoms with Crippen LogP contribution in [0.1, 0.15) is 54.4 Å². The second-order valence-electron chi connectivity index (χ2n) is 8.14. The molecule has 136 valence electrons. The van der Waals surface area contributed by atoms with Gasteiger partial charge in [-0.15, -0.1) is 0 Å². The number of nitrogens with zero attached hydrogens (tertiary/aromatic N) is 1. The molecule has 3 rings (SSSR count). The minimum atomic E-state index is 0.197. The molecular formula is C25H32N+. The van der Waals surface area contributed by atoms with Gasteiger partial charge in [0.2, 0.25) is 5.69 Å². The van der Waals surface area contributed by atoms with Gasteiger partial charge in [-0.05, 0) is 65.8 Å². The van der Waals surface area contributed by atoms with Crippen molar-refractivity contribution >= 4 is 10.8 Å². The van der Waals surface area contributed by atoms with Crippen molar-refractivity contribution in [3.63, 3.8) is 0 Å². The van der Waals surface area contributed by atoms with Crippen LogP contribution in [0.2, 0.25) is 0 Å². The molecule has 0 bridgehead atoms. The van der Waals surface area contributed by atoms with Gasteiger partial charge in [0.1, 0.15) is 8.42 Å². The van der Waals surface area contributed by atoms with Crippen LogP contribution in [0.15, 0.2) is 48.6 Å². The predicted octanol–water partition coefficient (Wildman–Crippen LogP) is 6.34. The maximum Gasteiger partial charge on any atom is 0.220 e. The number of pyridine rings is 1. The monoisotopic (exact) mass is 349 g/mol. The highest BCUT2D eigenvalue weighted by Crippen LogP contribution is 2.35. The Kier molecular flexibility index (Phi) is 4.16. The van der Waals surface area contributed by atoms with Crippen LogP contribution in [0.4, 0.5) is 0 Å². The second-order valence-corrected chi connectivity index (χ2v) is 8.14. The Hall–Kier alpha value is -2.15. The van der Waals surface area contributed by atoms with Gasteiger partial charge in [0.15, 0.2) is 6.17 Å².